The lowest BCUT2D eigenvalue weighted by atomic mass is 9.42. The Hall–Kier alpha value is -0.370. The SMILES string of the molecule is O=C1CCC[C@@H]2C[C@H]3CCC[C@@H](O)[C@@]123. The summed E-state index contributed by atoms with van der Waals surface area (Å²) in [7, 11) is 0. The zero-order chi connectivity index (χ0) is 9.76. The van der Waals surface area contributed by atoms with Gasteiger partial charge in [0.15, 0.2) is 0 Å². The Morgan fingerprint density at radius 1 is 1.14 bits per heavy atom. The van der Waals surface area contributed by atoms with Crippen LogP contribution in [0.1, 0.15) is 44.9 Å². The summed E-state index contributed by atoms with van der Waals surface area (Å²) in [6.45, 7) is 0. The zero-order valence-corrected chi connectivity index (χ0v) is 8.54. The van der Waals surface area contributed by atoms with Crippen molar-refractivity contribution >= 4 is 5.78 Å². The Balaban J connectivity index is 1.97. The maximum absolute atomic E-state index is 12.1. The molecule has 0 aliphatic heterocycles. The average molecular weight is 194 g/mol. The van der Waals surface area contributed by atoms with Crippen LogP contribution in [0, 0.1) is 17.3 Å². The molecule has 78 valence electrons. The topological polar surface area (TPSA) is 37.3 Å². The zero-order valence-electron chi connectivity index (χ0n) is 8.54. The van der Waals surface area contributed by atoms with Gasteiger partial charge in [-0.25, -0.2) is 0 Å². The van der Waals surface area contributed by atoms with E-state index in [4.69, 9.17) is 0 Å². The largest absolute Gasteiger partial charge is 0.392 e. The first-order valence-electron chi connectivity index (χ1n) is 5.97. The van der Waals surface area contributed by atoms with E-state index in [1.54, 1.807) is 0 Å². The fourth-order valence-corrected chi connectivity index (χ4v) is 4.33. The van der Waals surface area contributed by atoms with Crippen LogP contribution in [-0.2, 0) is 4.79 Å². The van der Waals surface area contributed by atoms with Crippen LogP contribution in [0.25, 0.3) is 0 Å². The van der Waals surface area contributed by atoms with Crippen LogP contribution in [0.3, 0.4) is 0 Å². The highest BCUT2D eigenvalue weighted by molar-refractivity contribution is 5.88. The second kappa shape index (κ2) is 2.82. The summed E-state index contributed by atoms with van der Waals surface area (Å²) >= 11 is 0. The van der Waals surface area contributed by atoms with E-state index in [1.165, 1.54) is 19.3 Å². The summed E-state index contributed by atoms with van der Waals surface area (Å²) in [6, 6.07) is 0. The van der Waals surface area contributed by atoms with E-state index < -0.39 is 0 Å². The van der Waals surface area contributed by atoms with E-state index in [0.29, 0.717) is 17.6 Å². The molecule has 3 saturated carbocycles. The highest BCUT2D eigenvalue weighted by Gasteiger charge is 2.64. The molecule has 0 bridgehead atoms. The van der Waals surface area contributed by atoms with Crippen molar-refractivity contribution in [1.29, 1.82) is 0 Å². The number of rotatable bonds is 0. The van der Waals surface area contributed by atoms with Crippen LogP contribution in [0.2, 0.25) is 0 Å². The van der Waals surface area contributed by atoms with Crippen molar-refractivity contribution in [1.82, 2.24) is 0 Å². The monoisotopic (exact) mass is 194 g/mol. The molecule has 0 unspecified atom stereocenters. The molecule has 3 rings (SSSR count). The number of carbonyl (C=O) groups excluding carboxylic acids is 1. The Morgan fingerprint density at radius 3 is 2.57 bits per heavy atom. The summed E-state index contributed by atoms with van der Waals surface area (Å²) in [5.74, 6) is 1.45. The van der Waals surface area contributed by atoms with Crippen LogP contribution in [-0.4, -0.2) is 17.0 Å². The number of aliphatic hydroxyl groups is 1. The minimum Gasteiger partial charge on any atom is -0.392 e. The predicted molar refractivity (Wildman–Crippen MR) is 52.7 cm³/mol. The first-order valence-corrected chi connectivity index (χ1v) is 5.97. The summed E-state index contributed by atoms with van der Waals surface area (Å²) in [5, 5.41) is 10.1. The molecule has 0 amide bonds. The number of carbonyl (C=O) groups is 1. The number of Topliss-reactive ketones (excluding diaryl/α,β-unsaturated/α-hetero) is 1. The molecule has 0 heterocycles. The maximum atomic E-state index is 12.1. The highest BCUT2D eigenvalue weighted by atomic mass is 16.3. The molecule has 1 N–H and O–H groups in total. The molecule has 2 heteroatoms. The molecule has 0 aromatic heterocycles. The maximum Gasteiger partial charge on any atom is 0.142 e. The van der Waals surface area contributed by atoms with Gasteiger partial charge in [0.1, 0.15) is 5.78 Å². The molecule has 1 spiro atoms. The summed E-state index contributed by atoms with van der Waals surface area (Å²) < 4.78 is 0. The molecule has 2 nitrogen and oxygen atoms in total. The minimum atomic E-state index is -0.312. The number of ketones is 1. The molecule has 3 aliphatic carbocycles. The lowest BCUT2D eigenvalue weighted by molar-refractivity contribution is -0.192. The predicted octanol–water partition coefficient (Wildman–Crippen LogP) is 1.91. The molecule has 4 atom stereocenters. The number of aliphatic hydroxyl groups excluding tert-OH is 1. The van der Waals surface area contributed by atoms with Gasteiger partial charge in [-0.05, 0) is 43.9 Å². The Morgan fingerprint density at radius 2 is 1.86 bits per heavy atom. The van der Waals surface area contributed by atoms with Gasteiger partial charge in [-0.15, -0.1) is 0 Å². The van der Waals surface area contributed by atoms with Crippen molar-refractivity contribution in [2.75, 3.05) is 0 Å². The summed E-state index contributed by atoms with van der Waals surface area (Å²) in [5.41, 5.74) is -0.253. The van der Waals surface area contributed by atoms with Gasteiger partial charge in [-0.3, -0.25) is 4.79 Å². The lowest BCUT2D eigenvalue weighted by Gasteiger charge is -2.62. The third-order valence-electron chi connectivity index (χ3n) is 4.94. The third kappa shape index (κ3) is 0.837. The second-order valence-corrected chi connectivity index (χ2v) is 5.32. The normalized spacial score (nSPS) is 51.8. The quantitative estimate of drug-likeness (QED) is 0.639. The van der Waals surface area contributed by atoms with E-state index in [1.807, 2.05) is 0 Å². The van der Waals surface area contributed by atoms with Crippen molar-refractivity contribution < 1.29 is 9.90 Å². The lowest BCUT2D eigenvalue weighted by Crippen LogP contribution is -2.64. The number of hydrogen-bond acceptors (Lipinski definition) is 2. The Bertz CT molecular complexity index is 253. The standard InChI is InChI=1S/C12H18O2/c13-10-5-1-3-8-7-9-4-2-6-11(14)12(8,9)10/h8-10,13H,1-7H2/t8-,9-,10-,12+/m1/s1. The van der Waals surface area contributed by atoms with Crippen LogP contribution in [0.5, 0.6) is 0 Å². The van der Waals surface area contributed by atoms with Crippen molar-refractivity contribution in [3.05, 3.63) is 0 Å². The van der Waals surface area contributed by atoms with Gasteiger partial charge in [0.05, 0.1) is 11.5 Å². The van der Waals surface area contributed by atoms with Gasteiger partial charge in [0.25, 0.3) is 0 Å². The van der Waals surface area contributed by atoms with Crippen molar-refractivity contribution in [2.24, 2.45) is 17.3 Å². The van der Waals surface area contributed by atoms with Gasteiger partial charge in [-0.2, -0.15) is 0 Å². The molecule has 0 radical (unpaired) electrons. The smallest absolute Gasteiger partial charge is 0.142 e. The Labute approximate surface area is 84.7 Å². The van der Waals surface area contributed by atoms with Gasteiger partial charge in [-0.1, -0.05) is 6.42 Å². The van der Waals surface area contributed by atoms with Crippen LogP contribution >= 0.6 is 0 Å². The van der Waals surface area contributed by atoms with Gasteiger partial charge >= 0.3 is 0 Å². The Kier molecular flexibility index (Phi) is 1.79. The van der Waals surface area contributed by atoms with E-state index in [-0.39, 0.29) is 11.5 Å². The number of hydrogen-bond donors (Lipinski definition) is 1. The first kappa shape index (κ1) is 8.90. The van der Waals surface area contributed by atoms with Crippen molar-refractivity contribution in [3.8, 4) is 0 Å². The first-order chi connectivity index (χ1) is 6.76. The molecular formula is C12H18O2. The summed E-state index contributed by atoms with van der Waals surface area (Å²) in [4.78, 5) is 12.1. The van der Waals surface area contributed by atoms with Crippen molar-refractivity contribution in [2.45, 2.75) is 51.0 Å². The summed E-state index contributed by atoms with van der Waals surface area (Å²) in [6.07, 6.45) is 7.02. The molecule has 0 saturated heterocycles. The molecular weight excluding hydrogens is 176 g/mol. The molecule has 3 aliphatic rings. The van der Waals surface area contributed by atoms with Gasteiger partial charge < -0.3 is 5.11 Å². The molecule has 0 aromatic carbocycles. The molecule has 14 heavy (non-hydrogen) atoms. The van der Waals surface area contributed by atoms with Crippen LogP contribution < -0.4 is 0 Å². The highest BCUT2D eigenvalue weighted by Crippen LogP contribution is 2.63. The van der Waals surface area contributed by atoms with Crippen LogP contribution in [0.15, 0.2) is 0 Å². The van der Waals surface area contributed by atoms with E-state index in [2.05, 4.69) is 0 Å². The minimum absolute atomic E-state index is 0.253. The fraction of sp³-hybridized carbons (Fsp3) is 0.917. The fourth-order valence-electron chi connectivity index (χ4n) is 4.33. The molecule has 3 fully saturated rings. The van der Waals surface area contributed by atoms with Crippen molar-refractivity contribution in [3.63, 3.8) is 0 Å². The second-order valence-electron chi connectivity index (χ2n) is 5.32. The average Bonchev–Trinajstić information content (AvgIpc) is 2.11. The van der Waals surface area contributed by atoms with Gasteiger partial charge in [0, 0.05) is 6.42 Å². The van der Waals surface area contributed by atoms with E-state index in [0.717, 1.165) is 25.7 Å². The van der Waals surface area contributed by atoms with E-state index in [9.17, 15) is 9.90 Å². The van der Waals surface area contributed by atoms with E-state index >= 15 is 0 Å². The van der Waals surface area contributed by atoms with Gasteiger partial charge in [0.2, 0.25) is 0 Å². The molecule has 0 aromatic rings. The van der Waals surface area contributed by atoms with Crippen LogP contribution in [0.4, 0.5) is 0 Å². The third-order valence-corrected chi connectivity index (χ3v) is 4.94.